The van der Waals surface area contributed by atoms with Crippen LogP contribution in [0.15, 0.2) is 42.6 Å². The predicted molar refractivity (Wildman–Crippen MR) is 77.7 cm³/mol. The molecule has 0 unspecified atom stereocenters. The maximum atomic E-state index is 11.8. The molecule has 7 heteroatoms. The summed E-state index contributed by atoms with van der Waals surface area (Å²) in [7, 11) is 1.47. The van der Waals surface area contributed by atoms with E-state index in [1.807, 2.05) is 6.07 Å². The fraction of sp³-hybridized carbons (Fsp3) is 0.0714. The van der Waals surface area contributed by atoms with E-state index in [9.17, 15) is 4.79 Å². The highest BCUT2D eigenvalue weighted by molar-refractivity contribution is 5.91. The number of hydrogen-bond donors (Lipinski definition) is 3. The SMILES string of the molecule is COc1ncccc1NC(=O)NNc1cccc(C#N)c1. The summed E-state index contributed by atoms with van der Waals surface area (Å²) in [4.78, 5) is 15.7. The fourth-order valence-electron chi connectivity index (χ4n) is 1.60. The Morgan fingerprint density at radius 2 is 2.19 bits per heavy atom. The first-order valence-corrected chi connectivity index (χ1v) is 6.05. The third-order valence-electron chi connectivity index (χ3n) is 2.52. The first kappa shape index (κ1) is 14.1. The number of amides is 2. The van der Waals surface area contributed by atoms with E-state index in [1.165, 1.54) is 7.11 Å². The molecule has 2 aromatic rings. The monoisotopic (exact) mass is 283 g/mol. The van der Waals surface area contributed by atoms with Crippen LogP contribution in [0.25, 0.3) is 0 Å². The van der Waals surface area contributed by atoms with Crippen molar-refractivity contribution in [2.45, 2.75) is 0 Å². The number of nitrogens with one attached hydrogen (secondary N) is 3. The van der Waals surface area contributed by atoms with Crippen LogP contribution < -0.4 is 20.9 Å². The number of benzene rings is 1. The maximum Gasteiger partial charge on any atom is 0.338 e. The average molecular weight is 283 g/mol. The lowest BCUT2D eigenvalue weighted by Crippen LogP contribution is -2.33. The highest BCUT2D eigenvalue weighted by Gasteiger charge is 2.07. The molecule has 0 aliphatic rings. The van der Waals surface area contributed by atoms with E-state index >= 15 is 0 Å². The van der Waals surface area contributed by atoms with Crippen molar-refractivity contribution >= 4 is 17.4 Å². The van der Waals surface area contributed by atoms with Crippen LogP contribution in [0.1, 0.15) is 5.56 Å². The lowest BCUT2D eigenvalue weighted by molar-refractivity contribution is 0.253. The quantitative estimate of drug-likeness (QED) is 0.746. The molecule has 1 heterocycles. The van der Waals surface area contributed by atoms with Crippen LogP contribution in [-0.4, -0.2) is 18.1 Å². The van der Waals surface area contributed by atoms with Crippen LogP contribution in [0.4, 0.5) is 16.2 Å². The second-order valence-electron chi connectivity index (χ2n) is 3.96. The van der Waals surface area contributed by atoms with E-state index in [-0.39, 0.29) is 0 Å². The smallest absolute Gasteiger partial charge is 0.338 e. The molecule has 106 valence electrons. The number of nitriles is 1. The first-order valence-electron chi connectivity index (χ1n) is 6.05. The Kier molecular flexibility index (Phi) is 4.56. The Morgan fingerprint density at radius 3 is 2.95 bits per heavy atom. The standard InChI is InChI=1S/C14H13N5O2/c1-21-13-12(6-3-7-16-13)17-14(20)19-18-11-5-2-4-10(8-11)9-15/h2-8,18H,1H3,(H2,17,19,20). The van der Waals surface area contributed by atoms with Gasteiger partial charge in [0.05, 0.1) is 24.4 Å². The van der Waals surface area contributed by atoms with Gasteiger partial charge in [0.25, 0.3) is 0 Å². The van der Waals surface area contributed by atoms with Gasteiger partial charge < -0.3 is 10.1 Å². The third kappa shape index (κ3) is 3.84. The lowest BCUT2D eigenvalue weighted by Gasteiger charge is -2.11. The number of carbonyl (C=O) groups is 1. The summed E-state index contributed by atoms with van der Waals surface area (Å²) in [6.45, 7) is 0. The van der Waals surface area contributed by atoms with E-state index in [0.717, 1.165) is 0 Å². The fourth-order valence-corrected chi connectivity index (χ4v) is 1.60. The van der Waals surface area contributed by atoms with Gasteiger partial charge in [-0.15, -0.1) is 0 Å². The zero-order valence-electron chi connectivity index (χ0n) is 11.3. The van der Waals surface area contributed by atoms with Gasteiger partial charge in [-0.1, -0.05) is 6.07 Å². The van der Waals surface area contributed by atoms with Gasteiger partial charge in [-0.05, 0) is 30.3 Å². The first-order chi connectivity index (χ1) is 10.2. The second-order valence-corrected chi connectivity index (χ2v) is 3.96. The molecular formula is C14H13N5O2. The molecule has 2 amide bonds. The van der Waals surface area contributed by atoms with E-state index in [0.29, 0.717) is 22.8 Å². The normalized spacial score (nSPS) is 9.33. The average Bonchev–Trinajstić information content (AvgIpc) is 2.53. The molecule has 0 saturated heterocycles. The van der Waals surface area contributed by atoms with Crippen LogP contribution in [0, 0.1) is 11.3 Å². The molecule has 0 radical (unpaired) electrons. The van der Waals surface area contributed by atoms with Crippen molar-refractivity contribution in [3.63, 3.8) is 0 Å². The molecular weight excluding hydrogens is 270 g/mol. The molecule has 2 rings (SSSR count). The molecule has 0 atom stereocenters. The number of ether oxygens (including phenoxy) is 1. The number of hydrazine groups is 1. The van der Waals surface area contributed by atoms with Crippen molar-refractivity contribution in [1.82, 2.24) is 10.4 Å². The van der Waals surface area contributed by atoms with Gasteiger partial charge >= 0.3 is 6.03 Å². The molecule has 0 bridgehead atoms. The Balaban J connectivity index is 1.94. The third-order valence-corrected chi connectivity index (χ3v) is 2.52. The van der Waals surface area contributed by atoms with Crippen molar-refractivity contribution in [3.05, 3.63) is 48.2 Å². The molecule has 0 aliphatic heterocycles. The highest BCUT2D eigenvalue weighted by atomic mass is 16.5. The number of carbonyl (C=O) groups excluding carboxylic acids is 1. The molecule has 0 fully saturated rings. The Morgan fingerprint density at radius 1 is 1.33 bits per heavy atom. The van der Waals surface area contributed by atoms with Crippen LogP contribution in [0.2, 0.25) is 0 Å². The molecule has 7 nitrogen and oxygen atoms in total. The van der Waals surface area contributed by atoms with E-state index in [4.69, 9.17) is 10.00 Å². The summed E-state index contributed by atoms with van der Waals surface area (Å²) in [5.74, 6) is 0.319. The van der Waals surface area contributed by atoms with Crippen LogP contribution in [-0.2, 0) is 0 Å². The number of aromatic nitrogens is 1. The van der Waals surface area contributed by atoms with Crippen molar-refractivity contribution in [2.75, 3.05) is 17.9 Å². The zero-order valence-corrected chi connectivity index (χ0v) is 11.3. The molecule has 3 N–H and O–H groups in total. The maximum absolute atomic E-state index is 11.8. The van der Waals surface area contributed by atoms with E-state index < -0.39 is 6.03 Å². The summed E-state index contributed by atoms with van der Waals surface area (Å²) < 4.78 is 5.03. The minimum atomic E-state index is -0.483. The number of rotatable bonds is 4. The highest BCUT2D eigenvalue weighted by Crippen LogP contribution is 2.19. The Labute approximate surface area is 121 Å². The van der Waals surface area contributed by atoms with Crippen molar-refractivity contribution in [1.29, 1.82) is 5.26 Å². The summed E-state index contributed by atoms with van der Waals surface area (Å²) in [6.07, 6.45) is 1.56. The minimum absolute atomic E-state index is 0.319. The van der Waals surface area contributed by atoms with Gasteiger partial charge in [0.2, 0.25) is 5.88 Å². The zero-order chi connectivity index (χ0) is 15.1. The van der Waals surface area contributed by atoms with E-state index in [2.05, 4.69) is 21.2 Å². The summed E-state index contributed by atoms with van der Waals surface area (Å²) in [5.41, 5.74) is 6.70. The Bertz CT molecular complexity index is 681. The second kappa shape index (κ2) is 6.77. The van der Waals surface area contributed by atoms with Crippen LogP contribution >= 0.6 is 0 Å². The van der Waals surface area contributed by atoms with Crippen LogP contribution in [0.5, 0.6) is 5.88 Å². The van der Waals surface area contributed by atoms with E-state index in [1.54, 1.807) is 42.6 Å². The van der Waals surface area contributed by atoms with Crippen molar-refractivity contribution in [2.24, 2.45) is 0 Å². The molecule has 21 heavy (non-hydrogen) atoms. The van der Waals surface area contributed by atoms with Gasteiger partial charge in [-0.3, -0.25) is 10.9 Å². The van der Waals surface area contributed by atoms with Gasteiger partial charge in [0, 0.05) is 6.20 Å². The molecule has 0 spiro atoms. The summed E-state index contributed by atoms with van der Waals surface area (Å²) in [5, 5.41) is 11.4. The molecule has 1 aromatic carbocycles. The minimum Gasteiger partial charge on any atom is -0.480 e. The van der Waals surface area contributed by atoms with Crippen molar-refractivity contribution < 1.29 is 9.53 Å². The summed E-state index contributed by atoms with van der Waals surface area (Å²) in [6, 6.07) is 11.6. The van der Waals surface area contributed by atoms with Crippen LogP contribution in [0.3, 0.4) is 0 Å². The molecule has 0 saturated carbocycles. The number of urea groups is 1. The van der Waals surface area contributed by atoms with Gasteiger partial charge in [-0.2, -0.15) is 5.26 Å². The molecule has 1 aromatic heterocycles. The largest absolute Gasteiger partial charge is 0.480 e. The molecule has 0 aliphatic carbocycles. The number of pyridine rings is 1. The number of nitrogens with zero attached hydrogens (tertiary/aromatic N) is 2. The number of anilines is 2. The lowest BCUT2D eigenvalue weighted by atomic mass is 10.2. The number of hydrogen-bond acceptors (Lipinski definition) is 5. The summed E-state index contributed by atoms with van der Waals surface area (Å²) >= 11 is 0. The van der Waals surface area contributed by atoms with Crippen molar-refractivity contribution in [3.8, 4) is 11.9 Å². The van der Waals surface area contributed by atoms with Gasteiger partial charge in [0.15, 0.2) is 0 Å². The van der Waals surface area contributed by atoms with Gasteiger partial charge in [0.1, 0.15) is 5.69 Å². The van der Waals surface area contributed by atoms with Gasteiger partial charge in [-0.25, -0.2) is 9.78 Å². The predicted octanol–water partition coefficient (Wildman–Crippen LogP) is 2.11. The topological polar surface area (TPSA) is 99.1 Å². The Hall–Kier alpha value is -3.27. The number of methoxy groups -OCH3 is 1.